The molecule has 6 nitrogen and oxygen atoms in total. The fraction of sp³-hybridized carbons (Fsp3) is 0.933. The highest BCUT2D eigenvalue weighted by atomic mass is 16.7. The van der Waals surface area contributed by atoms with Crippen LogP contribution in [0.3, 0.4) is 0 Å². The third-order valence-corrected chi connectivity index (χ3v) is 12.6. The van der Waals surface area contributed by atoms with Crippen molar-refractivity contribution in [2.75, 3.05) is 6.61 Å². The van der Waals surface area contributed by atoms with Gasteiger partial charge in [0.2, 0.25) is 5.91 Å². The van der Waals surface area contributed by atoms with Gasteiger partial charge in [-0.05, 0) is 104 Å². The number of nitrogens with one attached hydrogen (secondary N) is 1. The molecule has 2 saturated heterocycles. The van der Waals surface area contributed by atoms with Crippen molar-refractivity contribution in [1.29, 1.82) is 0 Å². The minimum absolute atomic E-state index is 0.134. The Labute approximate surface area is 216 Å². The molecule has 12 atom stereocenters. The Balaban J connectivity index is 1.16. The minimum Gasteiger partial charge on any atom is -0.481 e. The van der Waals surface area contributed by atoms with Gasteiger partial charge in [-0.2, -0.15) is 0 Å². The molecule has 2 aliphatic heterocycles. The number of carboxylic acid groups (broad SMARTS) is 1. The summed E-state index contributed by atoms with van der Waals surface area (Å²) in [6, 6.07) is 0.134. The topological polar surface area (TPSA) is 84.9 Å². The summed E-state index contributed by atoms with van der Waals surface area (Å²) in [6.07, 6.45) is 11.7. The number of hydrogen-bond donors (Lipinski definition) is 2. The summed E-state index contributed by atoms with van der Waals surface area (Å²) in [6.45, 7) is 10.7. The van der Waals surface area contributed by atoms with Crippen LogP contribution in [0.25, 0.3) is 0 Å². The third-order valence-electron chi connectivity index (χ3n) is 12.6. The molecule has 5 unspecified atom stereocenters. The van der Waals surface area contributed by atoms with Crippen molar-refractivity contribution in [1.82, 2.24) is 5.32 Å². The molecular weight excluding hydrogens is 454 g/mol. The Kier molecular flexibility index (Phi) is 6.07. The lowest BCUT2D eigenvalue weighted by Gasteiger charge is -2.61. The van der Waals surface area contributed by atoms with Crippen LogP contribution in [-0.4, -0.2) is 41.5 Å². The molecule has 2 N–H and O–H groups in total. The number of ether oxygens (including phenoxy) is 2. The highest BCUT2D eigenvalue weighted by Gasteiger charge is 2.69. The van der Waals surface area contributed by atoms with Gasteiger partial charge in [0, 0.05) is 18.4 Å². The van der Waals surface area contributed by atoms with Crippen molar-refractivity contribution in [2.45, 2.75) is 116 Å². The van der Waals surface area contributed by atoms with Gasteiger partial charge >= 0.3 is 5.97 Å². The van der Waals surface area contributed by atoms with Crippen LogP contribution in [0.5, 0.6) is 0 Å². The van der Waals surface area contributed by atoms with Crippen molar-refractivity contribution in [3.05, 3.63) is 0 Å². The van der Waals surface area contributed by atoms with Crippen LogP contribution in [0, 0.1) is 52.3 Å². The lowest BCUT2D eigenvalue weighted by molar-refractivity contribution is -0.273. The summed E-state index contributed by atoms with van der Waals surface area (Å²) in [4.78, 5) is 23.0. The van der Waals surface area contributed by atoms with Crippen molar-refractivity contribution < 1.29 is 24.2 Å². The first-order valence-electron chi connectivity index (χ1n) is 14.9. The molecule has 0 aromatic heterocycles. The maximum atomic E-state index is 12.1. The van der Waals surface area contributed by atoms with Crippen molar-refractivity contribution in [3.63, 3.8) is 0 Å². The summed E-state index contributed by atoms with van der Waals surface area (Å²) in [5, 5.41) is 12.0. The number of carboxylic acids is 1. The number of carbonyl (C=O) groups excluding carboxylic acids is 1. The Hall–Kier alpha value is -1.14. The van der Waals surface area contributed by atoms with E-state index in [0.29, 0.717) is 40.6 Å². The first-order valence-corrected chi connectivity index (χ1v) is 14.9. The molecule has 0 aromatic rings. The van der Waals surface area contributed by atoms with Gasteiger partial charge < -0.3 is 19.9 Å². The van der Waals surface area contributed by atoms with E-state index in [9.17, 15) is 9.59 Å². The molecule has 4 aliphatic carbocycles. The summed E-state index contributed by atoms with van der Waals surface area (Å²) >= 11 is 0. The van der Waals surface area contributed by atoms with E-state index in [1.54, 1.807) is 0 Å². The summed E-state index contributed by atoms with van der Waals surface area (Å²) in [7, 11) is 0. The maximum absolute atomic E-state index is 12.1. The second-order valence-corrected chi connectivity index (χ2v) is 14.3. The average molecular weight is 502 g/mol. The number of fused-ring (bicyclic) bond motifs is 7. The van der Waals surface area contributed by atoms with Crippen molar-refractivity contribution in [2.24, 2.45) is 52.3 Å². The highest BCUT2D eigenvalue weighted by Crippen LogP contribution is 2.71. The predicted molar refractivity (Wildman–Crippen MR) is 136 cm³/mol. The van der Waals surface area contributed by atoms with E-state index in [-0.39, 0.29) is 17.7 Å². The Morgan fingerprint density at radius 2 is 1.72 bits per heavy atom. The zero-order chi connectivity index (χ0) is 25.5. The van der Waals surface area contributed by atoms with Gasteiger partial charge in [0.1, 0.15) is 6.42 Å². The maximum Gasteiger partial charge on any atom is 0.312 e. The molecule has 6 rings (SSSR count). The van der Waals surface area contributed by atoms with E-state index in [1.807, 2.05) is 0 Å². The molecule has 1 amide bonds. The minimum atomic E-state index is -1.05. The molecule has 36 heavy (non-hydrogen) atoms. The number of aliphatic carboxylic acids is 1. The monoisotopic (exact) mass is 501 g/mol. The molecule has 202 valence electrons. The van der Waals surface area contributed by atoms with Gasteiger partial charge in [-0.15, -0.1) is 0 Å². The Morgan fingerprint density at radius 3 is 2.44 bits per heavy atom. The van der Waals surface area contributed by atoms with Crippen LogP contribution in [0.2, 0.25) is 0 Å². The van der Waals surface area contributed by atoms with Crippen molar-refractivity contribution in [3.8, 4) is 0 Å². The van der Waals surface area contributed by atoms with Gasteiger partial charge in [-0.3, -0.25) is 9.59 Å². The van der Waals surface area contributed by atoms with Gasteiger partial charge in [-0.25, -0.2) is 0 Å². The second kappa shape index (κ2) is 8.69. The molecule has 6 fully saturated rings. The first-order chi connectivity index (χ1) is 17.1. The van der Waals surface area contributed by atoms with Gasteiger partial charge in [0.05, 0.1) is 12.7 Å². The Morgan fingerprint density at radius 1 is 0.944 bits per heavy atom. The lowest BCUT2D eigenvalue weighted by Crippen LogP contribution is -2.56. The molecule has 1 spiro atoms. The van der Waals surface area contributed by atoms with E-state index < -0.39 is 12.4 Å². The zero-order valence-electron chi connectivity index (χ0n) is 22.8. The molecule has 0 bridgehead atoms. The van der Waals surface area contributed by atoms with Gasteiger partial charge in [-0.1, -0.05) is 27.7 Å². The van der Waals surface area contributed by atoms with E-state index in [4.69, 9.17) is 14.6 Å². The average Bonchev–Trinajstić information content (AvgIpc) is 3.26. The normalized spacial score (nSPS) is 53.7. The number of carbonyl (C=O) groups is 2. The van der Waals surface area contributed by atoms with Crippen LogP contribution in [0.1, 0.15) is 98.3 Å². The van der Waals surface area contributed by atoms with E-state index in [1.165, 1.54) is 38.5 Å². The quantitative estimate of drug-likeness (QED) is 0.506. The van der Waals surface area contributed by atoms with Crippen LogP contribution in [0.4, 0.5) is 0 Å². The summed E-state index contributed by atoms with van der Waals surface area (Å²) in [5.41, 5.74) is 0.693. The molecule has 4 saturated carbocycles. The number of hydrogen-bond acceptors (Lipinski definition) is 4. The highest BCUT2D eigenvalue weighted by molar-refractivity contribution is 5.93. The van der Waals surface area contributed by atoms with Crippen LogP contribution < -0.4 is 5.32 Å². The Bertz CT molecular complexity index is 898. The van der Waals surface area contributed by atoms with Gasteiger partial charge in [0.15, 0.2) is 5.79 Å². The number of rotatable bonds is 3. The summed E-state index contributed by atoms with van der Waals surface area (Å²) < 4.78 is 13.4. The molecular formula is C30H47NO5. The fourth-order valence-corrected chi connectivity index (χ4v) is 10.8. The molecule has 2 heterocycles. The third kappa shape index (κ3) is 3.71. The zero-order valence-corrected chi connectivity index (χ0v) is 22.8. The molecule has 6 aliphatic rings. The molecule has 6 heteroatoms. The second-order valence-electron chi connectivity index (χ2n) is 14.3. The SMILES string of the molecule is C[C@H]1CC[C@@]2(OC1)OC1CC3C4CC[C@@H]5C[C@@H](NC(=O)CC(=O)O)CC[C@]5(C)C4CC[C@]3(C)C1[C@@H]2C. The van der Waals surface area contributed by atoms with Crippen LogP contribution in [-0.2, 0) is 19.1 Å². The first kappa shape index (κ1) is 25.2. The van der Waals surface area contributed by atoms with Gasteiger partial charge in [0.25, 0.3) is 0 Å². The smallest absolute Gasteiger partial charge is 0.312 e. The number of amides is 1. The van der Waals surface area contributed by atoms with Crippen molar-refractivity contribution >= 4 is 11.9 Å². The molecule has 0 aromatic carbocycles. The van der Waals surface area contributed by atoms with E-state index in [2.05, 4.69) is 33.0 Å². The van der Waals surface area contributed by atoms with Crippen LogP contribution in [0.15, 0.2) is 0 Å². The molecule has 0 radical (unpaired) electrons. The largest absolute Gasteiger partial charge is 0.481 e. The predicted octanol–water partition coefficient (Wildman–Crippen LogP) is 5.39. The van der Waals surface area contributed by atoms with Crippen LogP contribution >= 0.6 is 0 Å². The summed E-state index contributed by atoms with van der Waals surface area (Å²) in [5.74, 6) is 2.94. The fourth-order valence-electron chi connectivity index (χ4n) is 10.8. The lowest BCUT2D eigenvalue weighted by atomic mass is 9.44. The van der Waals surface area contributed by atoms with E-state index in [0.717, 1.165) is 50.0 Å². The van der Waals surface area contributed by atoms with E-state index >= 15 is 0 Å². The standard InChI is InChI=1S/C30H47NO5/c1-17-7-12-30(35-16-17)18(2)27-24(36-30)14-23-21-6-5-19-13-20(31-25(32)15-26(33)34)8-10-28(19,3)22(21)9-11-29(23,27)4/h17-24,27H,5-16H2,1-4H3,(H,31,32)(H,33,34)/t17-,18-,19+,20-,21?,22?,23?,24?,27?,28-,29-,30+/m0/s1.